The van der Waals surface area contributed by atoms with Crippen molar-refractivity contribution in [2.24, 2.45) is 7.05 Å². The third-order valence-corrected chi connectivity index (χ3v) is 5.62. The van der Waals surface area contributed by atoms with Crippen molar-refractivity contribution in [3.05, 3.63) is 35.9 Å². The Morgan fingerprint density at radius 2 is 2.12 bits per heavy atom. The van der Waals surface area contributed by atoms with Crippen LogP contribution in [-0.4, -0.2) is 35.6 Å². The summed E-state index contributed by atoms with van der Waals surface area (Å²) in [5.41, 5.74) is 1.33. The quantitative estimate of drug-likeness (QED) is 0.858. The highest BCUT2D eigenvalue weighted by Gasteiger charge is 2.24. The van der Waals surface area contributed by atoms with E-state index < -0.39 is 10.0 Å². The standard InChI is InChI=1S/C15H19N5O3S/c1-11-8-12(20-7-3-4-15(20)21)5-6-13(11)24(22,23)17-9-14-18-16-10-19(14)2/h5-6,8,10,17H,3-4,7,9H2,1-2H3. The molecule has 0 bridgehead atoms. The van der Waals surface area contributed by atoms with E-state index in [1.807, 2.05) is 0 Å². The molecule has 1 saturated heterocycles. The molecule has 1 aromatic carbocycles. The van der Waals surface area contributed by atoms with Crippen molar-refractivity contribution in [3.8, 4) is 0 Å². The molecule has 24 heavy (non-hydrogen) atoms. The minimum absolute atomic E-state index is 0.0602. The molecule has 9 heteroatoms. The lowest BCUT2D eigenvalue weighted by Gasteiger charge is -2.17. The first-order valence-electron chi connectivity index (χ1n) is 7.62. The predicted octanol–water partition coefficient (Wildman–Crippen LogP) is 0.729. The topological polar surface area (TPSA) is 97.2 Å². The molecule has 8 nitrogen and oxygen atoms in total. The third-order valence-electron chi connectivity index (χ3n) is 4.06. The van der Waals surface area contributed by atoms with Gasteiger partial charge < -0.3 is 9.47 Å². The number of aromatic nitrogens is 3. The molecule has 0 atom stereocenters. The smallest absolute Gasteiger partial charge is 0.241 e. The van der Waals surface area contributed by atoms with Gasteiger partial charge in [-0.2, -0.15) is 0 Å². The Morgan fingerprint density at radius 3 is 2.71 bits per heavy atom. The first kappa shape index (κ1) is 16.6. The average molecular weight is 349 g/mol. The van der Waals surface area contributed by atoms with Crippen molar-refractivity contribution >= 4 is 21.6 Å². The Morgan fingerprint density at radius 1 is 1.33 bits per heavy atom. The number of carbonyl (C=O) groups excluding carboxylic acids is 1. The molecule has 0 radical (unpaired) electrons. The molecule has 2 heterocycles. The van der Waals surface area contributed by atoms with Crippen molar-refractivity contribution < 1.29 is 13.2 Å². The van der Waals surface area contributed by atoms with Gasteiger partial charge >= 0.3 is 0 Å². The first-order chi connectivity index (χ1) is 11.4. The van der Waals surface area contributed by atoms with Gasteiger partial charge in [0, 0.05) is 25.7 Å². The number of rotatable bonds is 5. The van der Waals surface area contributed by atoms with Crippen molar-refractivity contribution in [2.75, 3.05) is 11.4 Å². The van der Waals surface area contributed by atoms with Crippen molar-refractivity contribution in [2.45, 2.75) is 31.2 Å². The number of aryl methyl sites for hydroxylation is 2. The van der Waals surface area contributed by atoms with Gasteiger partial charge in [0.1, 0.15) is 12.2 Å². The van der Waals surface area contributed by atoms with Crippen LogP contribution in [0, 0.1) is 6.92 Å². The highest BCUT2D eigenvalue weighted by Crippen LogP contribution is 2.26. The van der Waals surface area contributed by atoms with Gasteiger partial charge in [-0.1, -0.05) is 0 Å². The Hall–Kier alpha value is -2.26. The van der Waals surface area contributed by atoms with Crippen LogP contribution in [0.1, 0.15) is 24.2 Å². The lowest BCUT2D eigenvalue weighted by atomic mass is 10.2. The lowest BCUT2D eigenvalue weighted by Crippen LogP contribution is -2.26. The van der Waals surface area contributed by atoms with E-state index in [2.05, 4.69) is 14.9 Å². The number of nitrogens with one attached hydrogen (secondary N) is 1. The summed E-state index contributed by atoms with van der Waals surface area (Å²) in [6.07, 6.45) is 2.88. The fraction of sp³-hybridized carbons (Fsp3) is 0.400. The van der Waals surface area contributed by atoms with Gasteiger partial charge in [-0.15, -0.1) is 10.2 Å². The van der Waals surface area contributed by atoms with Gasteiger partial charge in [0.25, 0.3) is 0 Å². The van der Waals surface area contributed by atoms with Gasteiger partial charge in [-0.3, -0.25) is 4.79 Å². The third kappa shape index (κ3) is 3.17. The zero-order chi connectivity index (χ0) is 17.3. The summed E-state index contributed by atoms with van der Waals surface area (Å²) in [6.45, 7) is 2.46. The van der Waals surface area contributed by atoms with Crippen LogP contribution in [-0.2, 0) is 28.4 Å². The lowest BCUT2D eigenvalue weighted by molar-refractivity contribution is -0.117. The summed E-state index contributed by atoms with van der Waals surface area (Å²) in [5, 5.41) is 7.57. The zero-order valence-corrected chi connectivity index (χ0v) is 14.4. The molecule has 0 spiro atoms. The second kappa shape index (κ2) is 6.33. The highest BCUT2D eigenvalue weighted by molar-refractivity contribution is 7.89. The van der Waals surface area contributed by atoms with E-state index in [9.17, 15) is 13.2 Å². The number of carbonyl (C=O) groups is 1. The van der Waals surface area contributed by atoms with Crippen molar-refractivity contribution in [1.82, 2.24) is 19.5 Å². The molecule has 128 valence electrons. The monoisotopic (exact) mass is 349 g/mol. The fourth-order valence-electron chi connectivity index (χ4n) is 2.73. The zero-order valence-electron chi connectivity index (χ0n) is 13.6. The Balaban J connectivity index is 1.80. The fourth-order valence-corrected chi connectivity index (χ4v) is 3.93. The van der Waals surface area contributed by atoms with E-state index in [-0.39, 0.29) is 17.3 Å². The molecule has 3 rings (SSSR count). The molecule has 1 amide bonds. The van der Waals surface area contributed by atoms with Crippen molar-refractivity contribution in [3.63, 3.8) is 0 Å². The van der Waals surface area contributed by atoms with Crippen LogP contribution in [0.4, 0.5) is 5.69 Å². The molecule has 1 fully saturated rings. The van der Waals surface area contributed by atoms with Gasteiger partial charge in [0.05, 0.1) is 11.4 Å². The van der Waals surface area contributed by atoms with Crippen LogP contribution in [0.15, 0.2) is 29.4 Å². The maximum absolute atomic E-state index is 12.5. The van der Waals surface area contributed by atoms with Crippen LogP contribution in [0.2, 0.25) is 0 Å². The molecule has 2 aromatic rings. The normalized spacial score (nSPS) is 15.2. The number of amides is 1. The molecule has 1 aliphatic heterocycles. The molecule has 0 unspecified atom stereocenters. The number of hydrogen-bond acceptors (Lipinski definition) is 5. The second-order valence-corrected chi connectivity index (χ2v) is 7.52. The Bertz CT molecular complexity index is 875. The van der Waals surface area contributed by atoms with Crippen LogP contribution >= 0.6 is 0 Å². The summed E-state index contributed by atoms with van der Waals surface area (Å²) < 4.78 is 29.2. The summed E-state index contributed by atoms with van der Waals surface area (Å²) in [7, 11) is -1.93. The molecule has 1 N–H and O–H groups in total. The van der Waals surface area contributed by atoms with Gasteiger partial charge in [-0.25, -0.2) is 13.1 Å². The van der Waals surface area contributed by atoms with E-state index in [0.717, 1.165) is 12.1 Å². The molecule has 1 aliphatic rings. The number of nitrogens with zero attached hydrogens (tertiary/aromatic N) is 4. The Kier molecular flexibility index (Phi) is 4.37. The first-order valence-corrected chi connectivity index (χ1v) is 9.10. The van der Waals surface area contributed by atoms with Crippen LogP contribution in [0.25, 0.3) is 0 Å². The summed E-state index contributed by atoms with van der Waals surface area (Å²) >= 11 is 0. The van der Waals surface area contributed by atoms with Crippen molar-refractivity contribution in [1.29, 1.82) is 0 Å². The molecule has 0 aliphatic carbocycles. The summed E-state index contributed by atoms with van der Waals surface area (Å²) in [4.78, 5) is 13.7. The second-order valence-electron chi connectivity index (χ2n) is 5.78. The van der Waals surface area contributed by atoms with E-state index in [1.54, 1.807) is 35.6 Å². The van der Waals surface area contributed by atoms with E-state index in [4.69, 9.17) is 0 Å². The Labute approximate surface area is 140 Å². The van der Waals surface area contributed by atoms with E-state index >= 15 is 0 Å². The predicted molar refractivity (Wildman–Crippen MR) is 87.8 cm³/mol. The van der Waals surface area contributed by atoms with Crippen LogP contribution < -0.4 is 9.62 Å². The summed E-state index contributed by atoms with van der Waals surface area (Å²) in [6, 6.07) is 4.95. The van der Waals surface area contributed by atoms with Gasteiger partial charge in [0.15, 0.2) is 0 Å². The average Bonchev–Trinajstić information content (AvgIpc) is 3.13. The summed E-state index contributed by atoms with van der Waals surface area (Å²) in [5.74, 6) is 0.598. The molecular formula is C15H19N5O3S. The minimum atomic E-state index is -3.67. The van der Waals surface area contributed by atoms with Crippen LogP contribution in [0.5, 0.6) is 0 Å². The molecule has 0 saturated carbocycles. The number of hydrogen-bond donors (Lipinski definition) is 1. The van der Waals surface area contributed by atoms with Gasteiger partial charge in [-0.05, 0) is 37.1 Å². The van der Waals surface area contributed by atoms with Gasteiger partial charge in [0.2, 0.25) is 15.9 Å². The molecule has 1 aromatic heterocycles. The molecular weight excluding hydrogens is 330 g/mol. The van der Waals surface area contributed by atoms with Crippen LogP contribution in [0.3, 0.4) is 0 Å². The maximum atomic E-state index is 12.5. The number of sulfonamides is 1. The number of anilines is 1. The highest BCUT2D eigenvalue weighted by atomic mass is 32.2. The largest absolute Gasteiger partial charge is 0.320 e. The SMILES string of the molecule is Cc1cc(N2CCCC2=O)ccc1S(=O)(=O)NCc1nncn1C. The minimum Gasteiger partial charge on any atom is -0.320 e. The maximum Gasteiger partial charge on any atom is 0.241 e. The number of benzene rings is 1. The van der Waals surface area contributed by atoms with E-state index in [1.165, 1.54) is 12.4 Å². The van der Waals surface area contributed by atoms with E-state index in [0.29, 0.717) is 24.4 Å².